The van der Waals surface area contributed by atoms with Crippen LogP contribution in [0.25, 0.3) is 22.0 Å². The summed E-state index contributed by atoms with van der Waals surface area (Å²) in [5.41, 5.74) is 1.82. The van der Waals surface area contributed by atoms with Gasteiger partial charge in [-0.15, -0.1) is 0 Å². The number of nitrogens with zero attached hydrogens (tertiary/aromatic N) is 1. The van der Waals surface area contributed by atoms with Gasteiger partial charge in [0.2, 0.25) is 0 Å². The van der Waals surface area contributed by atoms with Crippen molar-refractivity contribution in [3.8, 4) is 11.3 Å². The van der Waals surface area contributed by atoms with E-state index in [4.69, 9.17) is 0 Å². The van der Waals surface area contributed by atoms with Gasteiger partial charge in [-0.1, -0.05) is 61.2 Å². The van der Waals surface area contributed by atoms with E-state index >= 15 is 0 Å². The van der Waals surface area contributed by atoms with Crippen molar-refractivity contribution in [2.75, 3.05) is 0 Å². The zero-order chi connectivity index (χ0) is 15.0. The summed E-state index contributed by atoms with van der Waals surface area (Å²) in [5, 5.41) is 2.65. The second kappa shape index (κ2) is 5.08. The SMILES string of the molecule is C[Si](C)(C)c1cc(F)c2cc(-c3ccccc3)ncc2c1. The van der Waals surface area contributed by atoms with Crippen LogP contribution in [0.2, 0.25) is 19.6 Å². The molecule has 0 aliphatic rings. The molecule has 3 rings (SSSR count). The summed E-state index contributed by atoms with van der Waals surface area (Å²) in [5.74, 6) is -0.149. The van der Waals surface area contributed by atoms with Crippen LogP contribution >= 0.6 is 0 Å². The standard InChI is InChI=1S/C18H18FNSi/c1-21(2,3)15-9-14-12-20-18(11-16(14)17(19)10-15)13-7-5-4-6-8-13/h4-12H,1-3H3. The van der Waals surface area contributed by atoms with Crippen molar-refractivity contribution in [1.82, 2.24) is 4.98 Å². The summed E-state index contributed by atoms with van der Waals surface area (Å²) in [4.78, 5) is 4.49. The molecule has 3 aromatic rings. The van der Waals surface area contributed by atoms with Crippen LogP contribution in [0, 0.1) is 5.82 Å². The lowest BCUT2D eigenvalue weighted by Crippen LogP contribution is -2.37. The summed E-state index contributed by atoms with van der Waals surface area (Å²) in [6.07, 6.45) is 1.78. The van der Waals surface area contributed by atoms with Gasteiger partial charge in [-0.25, -0.2) is 4.39 Å². The Morgan fingerprint density at radius 2 is 1.67 bits per heavy atom. The molecule has 0 N–H and O–H groups in total. The Labute approximate surface area is 125 Å². The van der Waals surface area contributed by atoms with Crippen LogP contribution in [0.5, 0.6) is 0 Å². The van der Waals surface area contributed by atoms with Gasteiger partial charge >= 0.3 is 0 Å². The monoisotopic (exact) mass is 295 g/mol. The molecule has 21 heavy (non-hydrogen) atoms. The fraction of sp³-hybridized carbons (Fsp3) is 0.167. The first-order valence-corrected chi connectivity index (χ1v) is 10.6. The van der Waals surface area contributed by atoms with Crippen molar-refractivity contribution in [3.05, 3.63) is 60.5 Å². The molecule has 0 atom stereocenters. The maximum absolute atomic E-state index is 14.5. The average Bonchev–Trinajstić information content (AvgIpc) is 2.47. The van der Waals surface area contributed by atoms with E-state index < -0.39 is 8.07 Å². The van der Waals surface area contributed by atoms with Crippen molar-refractivity contribution in [3.63, 3.8) is 0 Å². The molecular weight excluding hydrogens is 277 g/mol. The highest BCUT2D eigenvalue weighted by Gasteiger charge is 2.18. The van der Waals surface area contributed by atoms with Gasteiger partial charge in [0.1, 0.15) is 5.82 Å². The predicted molar refractivity (Wildman–Crippen MR) is 90.1 cm³/mol. The average molecular weight is 295 g/mol. The Hall–Kier alpha value is -2.00. The lowest BCUT2D eigenvalue weighted by Gasteiger charge is -2.17. The first kappa shape index (κ1) is 14.0. The molecule has 2 aromatic carbocycles. The molecule has 0 aliphatic carbocycles. The molecule has 0 bridgehead atoms. The maximum atomic E-state index is 14.5. The topological polar surface area (TPSA) is 12.9 Å². The van der Waals surface area contributed by atoms with E-state index in [1.807, 2.05) is 36.4 Å². The molecule has 0 saturated heterocycles. The van der Waals surface area contributed by atoms with Crippen molar-refractivity contribution in [1.29, 1.82) is 0 Å². The van der Waals surface area contributed by atoms with E-state index in [1.54, 1.807) is 12.3 Å². The van der Waals surface area contributed by atoms with Gasteiger partial charge in [-0.05, 0) is 12.1 Å². The number of hydrogen-bond donors (Lipinski definition) is 0. The lowest BCUT2D eigenvalue weighted by atomic mass is 10.1. The minimum atomic E-state index is -1.53. The van der Waals surface area contributed by atoms with Gasteiger partial charge in [0.15, 0.2) is 0 Å². The Kier molecular flexibility index (Phi) is 3.37. The predicted octanol–water partition coefficient (Wildman–Crippen LogP) is 4.59. The quantitative estimate of drug-likeness (QED) is 0.630. The highest BCUT2D eigenvalue weighted by molar-refractivity contribution is 6.88. The van der Waals surface area contributed by atoms with Crippen molar-refractivity contribution in [2.24, 2.45) is 0 Å². The number of pyridine rings is 1. The van der Waals surface area contributed by atoms with Crippen LogP contribution in [0.4, 0.5) is 4.39 Å². The van der Waals surface area contributed by atoms with E-state index in [9.17, 15) is 4.39 Å². The van der Waals surface area contributed by atoms with Crippen LogP contribution < -0.4 is 5.19 Å². The Morgan fingerprint density at radius 1 is 0.952 bits per heavy atom. The van der Waals surface area contributed by atoms with E-state index in [0.717, 1.165) is 21.8 Å². The molecule has 1 nitrogen and oxygen atoms in total. The largest absolute Gasteiger partial charge is 0.256 e. The number of hydrogen-bond acceptors (Lipinski definition) is 1. The van der Waals surface area contributed by atoms with Gasteiger partial charge in [-0.2, -0.15) is 0 Å². The normalized spacial score (nSPS) is 11.8. The molecule has 0 saturated carbocycles. The maximum Gasteiger partial charge on any atom is 0.131 e. The molecule has 0 fully saturated rings. The molecule has 3 heteroatoms. The van der Waals surface area contributed by atoms with E-state index in [2.05, 4.69) is 30.7 Å². The number of aromatic nitrogens is 1. The number of halogens is 1. The molecular formula is C18H18FNSi. The van der Waals surface area contributed by atoms with E-state index in [0.29, 0.717) is 5.39 Å². The number of rotatable bonds is 2. The molecule has 0 radical (unpaired) electrons. The molecule has 0 unspecified atom stereocenters. The molecule has 0 amide bonds. The summed E-state index contributed by atoms with van der Waals surface area (Å²) >= 11 is 0. The molecule has 0 spiro atoms. The first-order valence-electron chi connectivity index (χ1n) is 7.10. The fourth-order valence-electron chi connectivity index (χ4n) is 2.41. The minimum Gasteiger partial charge on any atom is -0.256 e. The van der Waals surface area contributed by atoms with Crippen LogP contribution in [-0.2, 0) is 0 Å². The van der Waals surface area contributed by atoms with Gasteiger partial charge in [-0.3, -0.25) is 4.98 Å². The van der Waals surface area contributed by atoms with Crippen LogP contribution in [0.3, 0.4) is 0 Å². The summed E-state index contributed by atoms with van der Waals surface area (Å²) in [7, 11) is -1.53. The van der Waals surface area contributed by atoms with E-state index in [-0.39, 0.29) is 5.82 Å². The highest BCUT2D eigenvalue weighted by atomic mass is 28.3. The van der Waals surface area contributed by atoms with Crippen LogP contribution in [0.15, 0.2) is 54.7 Å². The molecule has 106 valence electrons. The lowest BCUT2D eigenvalue weighted by molar-refractivity contribution is 0.640. The Balaban J connectivity index is 2.18. The third-order valence-electron chi connectivity index (χ3n) is 3.72. The second-order valence-corrected chi connectivity index (χ2v) is 11.4. The summed E-state index contributed by atoms with van der Waals surface area (Å²) in [6, 6.07) is 15.5. The molecule has 1 heterocycles. The summed E-state index contributed by atoms with van der Waals surface area (Å²) < 4.78 is 14.5. The van der Waals surface area contributed by atoms with Crippen molar-refractivity contribution >= 4 is 24.0 Å². The molecule has 0 aliphatic heterocycles. The first-order chi connectivity index (χ1) is 9.95. The molecule has 1 aromatic heterocycles. The van der Waals surface area contributed by atoms with Crippen molar-refractivity contribution in [2.45, 2.75) is 19.6 Å². The van der Waals surface area contributed by atoms with Gasteiger partial charge in [0, 0.05) is 22.5 Å². The highest BCUT2D eigenvalue weighted by Crippen LogP contribution is 2.24. The zero-order valence-electron chi connectivity index (χ0n) is 12.5. The van der Waals surface area contributed by atoms with Crippen LogP contribution in [-0.4, -0.2) is 13.1 Å². The van der Waals surface area contributed by atoms with Gasteiger partial charge < -0.3 is 0 Å². The van der Waals surface area contributed by atoms with Crippen molar-refractivity contribution < 1.29 is 4.39 Å². The summed E-state index contributed by atoms with van der Waals surface area (Å²) in [6.45, 7) is 6.66. The fourth-order valence-corrected chi connectivity index (χ4v) is 3.56. The van der Waals surface area contributed by atoms with Gasteiger partial charge in [0.05, 0.1) is 13.8 Å². The van der Waals surface area contributed by atoms with Crippen LogP contribution in [0.1, 0.15) is 0 Å². The second-order valence-electron chi connectivity index (χ2n) is 6.36. The number of fused-ring (bicyclic) bond motifs is 1. The van der Waals surface area contributed by atoms with Gasteiger partial charge in [0.25, 0.3) is 0 Å². The zero-order valence-corrected chi connectivity index (χ0v) is 13.5. The minimum absolute atomic E-state index is 0.149. The Morgan fingerprint density at radius 3 is 2.33 bits per heavy atom. The smallest absolute Gasteiger partial charge is 0.131 e. The third kappa shape index (κ3) is 2.74. The Bertz CT molecular complexity index is 791. The third-order valence-corrected chi connectivity index (χ3v) is 5.74. The number of benzene rings is 2. The van der Waals surface area contributed by atoms with E-state index in [1.165, 1.54) is 0 Å².